The molecule has 0 heterocycles. The molecule has 0 aromatic heterocycles. The van der Waals surface area contributed by atoms with Crippen molar-refractivity contribution in [3.63, 3.8) is 0 Å². The summed E-state index contributed by atoms with van der Waals surface area (Å²) >= 11 is 5.88. The first kappa shape index (κ1) is 12.9. The molecule has 5 heteroatoms. The lowest BCUT2D eigenvalue weighted by Gasteiger charge is -2.08. The molecule has 1 N–H and O–H groups in total. The molecule has 0 saturated heterocycles. The number of aromatic carboxylic acids is 1. The number of hydrogen-bond acceptors (Lipinski definition) is 3. The second-order valence-electron chi connectivity index (χ2n) is 3.66. The molecule has 0 aliphatic carbocycles. The van der Waals surface area contributed by atoms with E-state index in [4.69, 9.17) is 26.7 Å². The summed E-state index contributed by atoms with van der Waals surface area (Å²) in [7, 11) is 0. The minimum atomic E-state index is -1.01. The molecular formula is C14H8ClNO3. The Morgan fingerprint density at radius 2 is 1.89 bits per heavy atom. The van der Waals surface area contributed by atoms with Crippen LogP contribution in [0.3, 0.4) is 0 Å². The zero-order valence-corrected chi connectivity index (χ0v) is 10.4. The Labute approximate surface area is 114 Å². The maximum absolute atomic E-state index is 10.7. The second kappa shape index (κ2) is 5.42. The molecule has 0 amide bonds. The van der Waals surface area contributed by atoms with E-state index in [1.165, 1.54) is 24.3 Å². The highest BCUT2D eigenvalue weighted by Gasteiger charge is 2.09. The van der Waals surface area contributed by atoms with E-state index in [0.717, 1.165) is 0 Å². The first-order chi connectivity index (χ1) is 9.11. The molecule has 0 aliphatic heterocycles. The standard InChI is InChI=1S/C14H8ClNO3/c15-12-2-1-3-13(11(12)8-16)19-10-6-4-9(5-7-10)14(17)18/h1-7H,(H,17,18). The number of nitrogens with zero attached hydrogens (tertiary/aromatic N) is 1. The zero-order valence-electron chi connectivity index (χ0n) is 9.63. The maximum Gasteiger partial charge on any atom is 0.335 e. The van der Waals surface area contributed by atoms with Crippen LogP contribution in [0.2, 0.25) is 5.02 Å². The van der Waals surface area contributed by atoms with Gasteiger partial charge in [-0.2, -0.15) is 5.26 Å². The third-order valence-corrected chi connectivity index (χ3v) is 2.73. The van der Waals surface area contributed by atoms with Gasteiger partial charge in [-0.05, 0) is 36.4 Å². The minimum absolute atomic E-state index is 0.166. The number of nitriles is 1. The molecule has 0 atom stereocenters. The minimum Gasteiger partial charge on any atom is -0.478 e. The van der Waals surface area contributed by atoms with E-state index in [9.17, 15) is 4.79 Å². The van der Waals surface area contributed by atoms with Crippen molar-refractivity contribution in [2.45, 2.75) is 0 Å². The highest BCUT2D eigenvalue weighted by Crippen LogP contribution is 2.29. The summed E-state index contributed by atoms with van der Waals surface area (Å²) in [6, 6.07) is 12.7. The third kappa shape index (κ3) is 2.84. The predicted octanol–water partition coefficient (Wildman–Crippen LogP) is 3.70. The molecule has 2 aromatic rings. The van der Waals surface area contributed by atoms with Gasteiger partial charge in [-0.1, -0.05) is 17.7 Å². The van der Waals surface area contributed by atoms with Crippen LogP contribution < -0.4 is 4.74 Å². The van der Waals surface area contributed by atoms with Crippen LogP contribution >= 0.6 is 11.6 Å². The fraction of sp³-hybridized carbons (Fsp3) is 0. The Balaban J connectivity index is 2.29. The number of carboxylic acid groups (broad SMARTS) is 1. The molecule has 0 saturated carbocycles. The van der Waals surface area contributed by atoms with Crippen molar-refractivity contribution in [1.29, 1.82) is 5.26 Å². The van der Waals surface area contributed by atoms with Gasteiger partial charge in [0.15, 0.2) is 0 Å². The van der Waals surface area contributed by atoms with Crippen molar-refractivity contribution >= 4 is 17.6 Å². The summed E-state index contributed by atoms with van der Waals surface area (Å²) in [5.74, 6) is -0.242. The van der Waals surface area contributed by atoms with Gasteiger partial charge in [0.25, 0.3) is 0 Å². The maximum atomic E-state index is 10.7. The van der Waals surface area contributed by atoms with Crippen LogP contribution in [0.15, 0.2) is 42.5 Å². The molecule has 19 heavy (non-hydrogen) atoms. The van der Waals surface area contributed by atoms with Crippen LogP contribution in [0.5, 0.6) is 11.5 Å². The van der Waals surface area contributed by atoms with Crippen LogP contribution in [-0.2, 0) is 0 Å². The summed E-state index contributed by atoms with van der Waals surface area (Å²) < 4.78 is 5.52. The molecule has 0 fully saturated rings. The fourth-order valence-corrected chi connectivity index (χ4v) is 1.70. The van der Waals surface area contributed by atoms with Gasteiger partial charge < -0.3 is 9.84 Å². The molecule has 0 radical (unpaired) electrons. The molecule has 0 spiro atoms. The van der Waals surface area contributed by atoms with Gasteiger partial charge >= 0.3 is 5.97 Å². The van der Waals surface area contributed by atoms with Gasteiger partial charge in [0.05, 0.1) is 10.6 Å². The highest BCUT2D eigenvalue weighted by molar-refractivity contribution is 6.31. The topological polar surface area (TPSA) is 70.3 Å². The van der Waals surface area contributed by atoms with Gasteiger partial charge in [-0.15, -0.1) is 0 Å². The number of carboxylic acids is 1. The van der Waals surface area contributed by atoms with Crippen LogP contribution in [0.4, 0.5) is 0 Å². The number of halogens is 1. The quantitative estimate of drug-likeness (QED) is 0.925. The second-order valence-corrected chi connectivity index (χ2v) is 4.06. The van der Waals surface area contributed by atoms with E-state index in [0.29, 0.717) is 16.5 Å². The Hall–Kier alpha value is -2.51. The van der Waals surface area contributed by atoms with E-state index in [1.54, 1.807) is 18.2 Å². The smallest absolute Gasteiger partial charge is 0.335 e. The molecular weight excluding hydrogens is 266 g/mol. The van der Waals surface area contributed by atoms with Crippen molar-refractivity contribution in [2.75, 3.05) is 0 Å². The molecule has 4 nitrogen and oxygen atoms in total. The van der Waals surface area contributed by atoms with Gasteiger partial charge in [0, 0.05) is 0 Å². The zero-order chi connectivity index (χ0) is 13.8. The van der Waals surface area contributed by atoms with Crippen LogP contribution in [-0.4, -0.2) is 11.1 Å². The van der Waals surface area contributed by atoms with Gasteiger partial charge in [0.1, 0.15) is 23.1 Å². The van der Waals surface area contributed by atoms with Crippen molar-refractivity contribution in [3.05, 3.63) is 58.6 Å². The summed E-state index contributed by atoms with van der Waals surface area (Å²) in [6.45, 7) is 0. The van der Waals surface area contributed by atoms with E-state index >= 15 is 0 Å². The van der Waals surface area contributed by atoms with Crippen LogP contribution in [0.25, 0.3) is 0 Å². The van der Waals surface area contributed by atoms with Gasteiger partial charge in [-0.25, -0.2) is 4.79 Å². The lowest BCUT2D eigenvalue weighted by atomic mass is 10.2. The van der Waals surface area contributed by atoms with E-state index in [2.05, 4.69) is 0 Å². The van der Waals surface area contributed by atoms with Gasteiger partial charge in [-0.3, -0.25) is 0 Å². The Kier molecular flexibility index (Phi) is 3.69. The van der Waals surface area contributed by atoms with Gasteiger partial charge in [0.2, 0.25) is 0 Å². The number of benzene rings is 2. The van der Waals surface area contributed by atoms with Crippen molar-refractivity contribution in [3.8, 4) is 17.6 Å². The Morgan fingerprint density at radius 1 is 1.21 bits per heavy atom. The number of ether oxygens (including phenoxy) is 1. The fourth-order valence-electron chi connectivity index (χ4n) is 1.49. The predicted molar refractivity (Wildman–Crippen MR) is 69.6 cm³/mol. The summed E-state index contributed by atoms with van der Waals surface area (Å²) in [5, 5.41) is 18.1. The summed E-state index contributed by atoms with van der Waals surface area (Å²) in [5.41, 5.74) is 0.408. The molecule has 94 valence electrons. The molecule has 2 aromatic carbocycles. The average Bonchev–Trinajstić information content (AvgIpc) is 2.39. The number of hydrogen-bond donors (Lipinski definition) is 1. The number of rotatable bonds is 3. The molecule has 0 aliphatic rings. The SMILES string of the molecule is N#Cc1c(Cl)cccc1Oc1ccc(C(=O)O)cc1. The number of carbonyl (C=O) groups is 1. The van der Waals surface area contributed by atoms with Crippen LogP contribution in [0, 0.1) is 11.3 Å². The van der Waals surface area contributed by atoms with Crippen LogP contribution in [0.1, 0.15) is 15.9 Å². The largest absolute Gasteiger partial charge is 0.478 e. The molecule has 2 rings (SSSR count). The lowest BCUT2D eigenvalue weighted by molar-refractivity contribution is 0.0697. The van der Waals surface area contributed by atoms with E-state index in [1.807, 2.05) is 6.07 Å². The van der Waals surface area contributed by atoms with E-state index < -0.39 is 5.97 Å². The molecule has 0 unspecified atom stereocenters. The molecule has 0 bridgehead atoms. The van der Waals surface area contributed by atoms with Crippen molar-refractivity contribution in [1.82, 2.24) is 0 Å². The van der Waals surface area contributed by atoms with Crippen molar-refractivity contribution in [2.24, 2.45) is 0 Å². The van der Waals surface area contributed by atoms with Crippen molar-refractivity contribution < 1.29 is 14.6 Å². The Morgan fingerprint density at radius 3 is 2.47 bits per heavy atom. The average molecular weight is 274 g/mol. The normalized spacial score (nSPS) is 9.68. The highest BCUT2D eigenvalue weighted by atomic mass is 35.5. The first-order valence-electron chi connectivity index (χ1n) is 5.31. The Bertz CT molecular complexity index is 659. The lowest BCUT2D eigenvalue weighted by Crippen LogP contribution is -1.95. The first-order valence-corrected chi connectivity index (χ1v) is 5.69. The monoisotopic (exact) mass is 273 g/mol. The van der Waals surface area contributed by atoms with E-state index in [-0.39, 0.29) is 11.1 Å². The third-order valence-electron chi connectivity index (χ3n) is 2.42. The summed E-state index contributed by atoms with van der Waals surface area (Å²) in [6.07, 6.45) is 0. The summed E-state index contributed by atoms with van der Waals surface area (Å²) in [4.78, 5) is 10.7.